The molecule has 1 aromatic heterocycles. The lowest BCUT2D eigenvalue weighted by Gasteiger charge is -2.38. The molecule has 0 aliphatic heterocycles. The third kappa shape index (κ3) is 4.43. The van der Waals surface area contributed by atoms with Gasteiger partial charge < -0.3 is 10.5 Å². The highest BCUT2D eigenvalue weighted by atomic mass is 35.5. The van der Waals surface area contributed by atoms with E-state index in [1.807, 2.05) is 6.07 Å². The van der Waals surface area contributed by atoms with E-state index in [9.17, 15) is 0 Å². The molecule has 3 atom stereocenters. The topological polar surface area (TPSA) is 38.5 Å². The number of likely N-dealkylation sites (N-methyl/N-ethyl adjacent to an activating group) is 1. The first-order valence-electron chi connectivity index (χ1n) is 6.80. The monoisotopic (exact) mass is 304 g/mol. The molecule has 5 heteroatoms. The lowest BCUT2D eigenvalue weighted by molar-refractivity contribution is 0.0641. The summed E-state index contributed by atoms with van der Waals surface area (Å²) in [6, 6.07) is 4.69. The molecule has 0 fully saturated rings. The van der Waals surface area contributed by atoms with Crippen molar-refractivity contribution in [3.8, 4) is 0 Å². The SMILES string of the molecule is CCC(N)C(c1ccc(Cl)s1)N(CC)C(C)COC. The minimum absolute atomic E-state index is 0.106. The van der Waals surface area contributed by atoms with Gasteiger partial charge in [0.05, 0.1) is 17.0 Å². The third-order valence-corrected chi connectivity index (χ3v) is 4.76. The van der Waals surface area contributed by atoms with Crippen LogP contribution in [0.4, 0.5) is 0 Å². The summed E-state index contributed by atoms with van der Waals surface area (Å²) in [5, 5.41) is 0. The summed E-state index contributed by atoms with van der Waals surface area (Å²) >= 11 is 7.70. The van der Waals surface area contributed by atoms with Crippen LogP contribution in [0, 0.1) is 0 Å². The van der Waals surface area contributed by atoms with Crippen molar-refractivity contribution in [1.82, 2.24) is 4.90 Å². The van der Waals surface area contributed by atoms with Crippen LogP contribution in [0.15, 0.2) is 12.1 Å². The molecule has 3 nitrogen and oxygen atoms in total. The first kappa shape index (κ1) is 16.9. The zero-order chi connectivity index (χ0) is 14.4. The largest absolute Gasteiger partial charge is 0.383 e. The van der Waals surface area contributed by atoms with E-state index in [0.29, 0.717) is 12.6 Å². The van der Waals surface area contributed by atoms with Gasteiger partial charge in [-0.05, 0) is 32.0 Å². The maximum absolute atomic E-state index is 6.35. The molecule has 0 spiro atoms. The van der Waals surface area contributed by atoms with Gasteiger partial charge in [0.15, 0.2) is 0 Å². The summed E-state index contributed by atoms with van der Waals surface area (Å²) in [5.41, 5.74) is 6.35. The zero-order valence-corrected chi connectivity index (χ0v) is 13.8. The molecule has 3 unspecified atom stereocenters. The maximum Gasteiger partial charge on any atom is 0.0931 e. The predicted octanol–water partition coefficient (Wildman–Crippen LogP) is 3.54. The summed E-state index contributed by atoms with van der Waals surface area (Å²) in [6.07, 6.45) is 0.941. The Labute approximate surface area is 125 Å². The van der Waals surface area contributed by atoms with Crippen LogP contribution < -0.4 is 5.73 Å². The normalized spacial score (nSPS) is 16.6. The molecule has 0 radical (unpaired) electrons. The van der Waals surface area contributed by atoms with Crippen molar-refractivity contribution in [1.29, 1.82) is 0 Å². The van der Waals surface area contributed by atoms with Crippen molar-refractivity contribution in [3.05, 3.63) is 21.3 Å². The molecule has 1 heterocycles. The molecule has 0 amide bonds. The Hall–Kier alpha value is -0.130. The molecule has 1 rings (SSSR count). The number of methoxy groups -OCH3 is 1. The first-order valence-corrected chi connectivity index (χ1v) is 8.00. The lowest BCUT2D eigenvalue weighted by Crippen LogP contribution is -2.46. The number of hydrogen-bond acceptors (Lipinski definition) is 4. The van der Waals surface area contributed by atoms with Gasteiger partial charge in [0.2, 0.25) is 0 Å². The van der Waals surface area contributed by atoms with Crippen LogP contribution in [0.5, 0.6) is 0 Å². The van der Waals surface area contributed by atoms with Crippen LogP contribution in [0.2, 0.25) is 4.34 Å². The molecule has 1 aromatic rings. The molecule has 0 aliphatic rings. The first-order chi connectivity index (χ1) is 9.04. The van der Waals surface area contributed by atoms with Crippen molar-refractivity contribution in [2.75, 3.05) is 20.3 Å². The molecular formula is C14H25ClN2OS. The van der Waals surface area contributed by atoms with Gasteiger partial charge in [-0.1, -0.05) is 25.4 Å². The van der Waals surface area contributed by atoms with E-state index in [2.05, 4.69) is 31.7 Å². The molecule has 19 heavy (non-hydrogen) atoms. The van der Waals surface area contributed by atoms with Gasteiger partial charge >= 0.3 is 0 Å². The second-order valence-electron chi connectivity index (χ2n) is 4.79. The Bertz CT molecular complexity index is 372. The third-order valence-electron chi connectivity index (χ3n) is 3.46. The smallest absolute Gasteiger partial charge is 0.0931 e. The van der Waals surface area contributed by atoms with Crippen LogP contribution in [0.25, 0.3) is 0 Å². The van der Waals surface area contributed by atoms with Gasteiger partial charge in [-0.2, -0.15) is 0 Å². The number of halogens is 1. The van der Waals surface area contributed by atoms with E-state index in [1.165, 1.54) is 4.88 Å². The van der Waals surface area contributed by atoms with Gasteiger partial charge in [-0.25, -0.2) is 0 Å². The number of hydrogen-bond donors (Lipinski definition) is 1. The summed E-state index contributed by atoms with van der Waals surface area (Å²) < 4.78 is 6.10. The summed E-state index contributed by atoms with van der Waals surface area (Å²) in [4.78, 5) is 3.64. The van der Waals surface area contributed by atoms with E-state index in [4.69, 9.17) is 22.1 Å². The predicted molar refractivity (Wildman–Crippen MR) is 84.1 cm³/mol. The van der Waals surface area contributed by atoms with Gasteiger partial charge in [-0.15, -0.1) is 11.3 Å². The van der Waals surface area contributed by atoms with Gasteiger partial charge in [0, 0.05) is 24.1 Å². The van der Waals surface area contributed by atoms with Crippen LogP contribution in [0.3, 0.4) is 0 Å². The minimum Gasteiger partial charge on any atom is -0.383 e. The van der Waals surface area contributed by atoms with Crippen LogP contribution in [-0.4, -0.2) is 37.2 Å². The van der Waals surface area contributed by atoms with E-state index in [0.717, 1.165) is 17.3 Å². The quantitative estimate of drug-likeness (QED) is 0.798. The molecule has 2 N–H and O–H groups in total. The maximum atomic E-state index is 6.35. The molecule has 0 saturated heterocycles. The zero-order valence-electron chi connectivity index (χ0n) is 12.2. The second kappa shape index (κ2) is 8.22. The summed E-state index contributed by atoms with van der Waals surface area (Å²) in [7, 11) is 1.74. The van der Waals surface area contributed by atoms with E-state index in [1.54, 1.807) is 18.4 Å². The Kier molecular flexibility index (Phi) is 7.32. The average molecular weight is 305 g/mol. The van der Waals surface area contributed by atoms with E-state index in [-0.39, 0.29) is 12.1 Å². The number of nitrogens with zero attached hydrogens (tertiary/aromatic N) is 1. The second-order valence-corrected chi connectivity index (χ2v) is 6.54. The number of nitrogens with two attached hydrogens (primary N) is 1. The van der Waals surface area contributed by atoms with Crippen LogP contribution in [0.1, 0.15) is 38.1 Å². The molecule has 0 bridgehead atoms. The number of ether oxygens (including phenoxy) is 1. The van der Waals surface area contributed by atoms with Gasteiger partial charge in [-0.3, -0.25) is 4.90 Å². The van der Waals surface area contributed by atoms with Crippen LogP contribution in [-0.2, 0) is 4.74 Å². The van der Waals surface area contributed by atoms with E-state index >= 15 is 0 Å². The minimum atomic E-state index is 0.106. The molecule has 110 valence electrons. The highest BCUT2D eigenvalue weighted by Crippen LogP contribution is 2.34. The lowest BCUT2D eigenvalue weighted by atomic mass is 10.0. The molecular weight excluding hydrogens is 280 g/mol. The Balaban J connectivity index is 3.00. The van der Waals surface area contributed by atoms with Crippen molar-refractivity contribution in [2.24, 2.45) is 5.73 Å². The summed E-state index contributed by atoms with van der Waals surface area (Å²) in [5.74, 6) is 0. The fourth-order valence-electron chi connectivity index (χ4n) is 2.45. The van der Waals surface area contributed by atoms with Crippen molar-refractivity contribution in [2.45, 2.75) is 45.3 Å². The van der Waals surface area contributed by atoms with Gasteiger partial charge in [0.1, 0.15) is 0 Å². The molecule has 0 aliphatic carbocycles. The fourth-order valence-corrected chi connectivity index (χ4v) is 3.71. The Morgan fingerprint density at radius 2 is 2.11 bits per heavy atom. The standard InChI is InChI=1S/C14H25ClN2OS/c1-5-11(16)14(12-7-8-13(15)19-12)17(6-2)10(3)9-18-4/h7-8,10-11,14H,5-6,9,16H2,1-4H3. The highest BCUT2D eigenvalue weighted by Gasteiger charge is 2.29. The van der Waals surface area contributed by atoms with Crippen molar-refractivity contribution < 1.29 is 4.74 Å². The summed E-state index contributed by atoms with van der Waals surface area (Å²) in [6.45, 7) is 8.12. The molecule has 0 aromatic carbocycles. The number of rotatable bonds is 8. The average Bonchev–Trinajstić information content (AvgIpc) is 2.81. The van der Waals surface area contributed by atoms with Gasteiger partial charge in [0.25, 0.3) is 0 Å². The molecule has 0 saturated carbocycles. The Morgan fingerprint density at radius 3 is 2.53 bits per heavy atom. The van der Waals surface area contributed by atoms with Crippen LogP contribution >= 0.6 is 22.9 Å². The Morgan fingerprint density at radius 1 is 1.42 bits per heavy atom. The fraction of sp³-hybridized carbons (Fsp3) is 0.714. The highest BCUT2D eigenvalue weighted by molar-refractivity contribution is 7.16. The number of thiophene rings is 1. The van der Waals surface area contributed by atoms with E-state index < -0.39 is 0 Å². The van der Waals surface area contributed by atoms with Crippen molar-refractivity contribution >= 4 is 22.9 Å². The van der Waals surface area contributed by atoms with Crippen molar-refractivity contribution in [3.63, 3.8) is 0 Å².